The Balaban J connectivity index is 1.48. The quantitative estimate of drug-likeness (QED) is 0.727. The summed E-state index contributed by atoms with van der Waals surface area (Å²) in [5.74, 6) is -1.18. The maximum Gasteiger partial charge on any atom is 0.357 e. The van der Waals surface area contributed by atoms with Crippen LogP contribution in [0.5, 0.6) is 0 Å². The molecule has 0 spiro atoms. The summed E-state index contributed by atoms with van der Waals surface area (Å²) < 4.78 is 4.90. The number of nitrogens with one attached hydrogen (secondary N) is 1. The molecular formula is C17H23N3O5S. The van der Waals surface area contributed by atoms with E-state index in [0.29, 0.717) is 32.5 Å². The number of ether oxygens (including phenoxy) is 1. The molecule has 1 aromatic heterocycles. The average molecular weight is 381 g/mol. The fraction of sp³-hybridized carbons (Fsp3) is 0.647. The number of hydrogen-bond acceptors (Lipinski definition) is 6. The van der Waals surface area contributed by atoms with E-state index in [4.69, 9.17) is 4.74 Å². The number of carboxylic acids is 1. The molecule has 2 fully saturated rings. The fourth-order valence-electron chi connectivity index (χ4n) is 3.91. The number of carboxylic acid groups (broad SMARTS) is 1. The van der Waals surface area contributed by atoms with Gasteiger partial charge in [-0.15, -0.1) is 11.3 Å². The Morgan fingerprint density at radius 3 is 3.00 bits per heavy atom. The van der Waals surface area contributed by atoms with Crippen LogP contribution in [-0.2, 0) is 16.0 Å². The largest absolute Gasteiger partial charge is 0.481 e. The molecule has 9 heteroatoms. The van der Waals surface area contributed by atoms with Crippen LogP contribution in [0.4, 0.5) is 4.79 Å². The number of fused-ring (bicyclic) bond motifs is 1. The second-order valence-corrected chi connectivity index (χ2v) is 7.70. The van der Waals surface area contributed by atoms with Crippen LogP contribution in [0.2, 0.25) is 0 Å². The Morgan fingerprint density at radius 1 is 1.50 bits per heavy atom. The van der Waals surface area contributed by atoms with Gasteiger partial charge in [0.15, 0.2) is 5.69 Å². The highest BCUT2D eigenvalue weighted by Crippen LogP contribution is 2.48. The van der Waals surface area contributed by atoms with Crippen molar-refractivity contribution < 1.29 is 24.2 Å². The van der Waals surface area contributed by atoms with Gasteiger partial charge in [0, 0.05) is 31.4 Å². The van der Waals surface area contributed by atoms with Crippen LogP contribution in [0.1, 0.15) is 41.7 Å². The van der Waals surface area contributed by atoms with Gasteiger partial charge in [-0.25, -0.2) is 14.6 Å². The van der Waals surface area contributed by atoms with Gasteiger partial charge in [-0.1, -0.05) is 6.42 Å². The van der Waals surface area contributed by atoms with E-state index in [1.165, 1.54) is 11.3 Å². The zero-order chi connectivity index (χ0) is 18.7. The van der Waals surface area contributed by atoms with Gasteiger partial charge >= 0.3 is 18.0 Å². The van der Waals surface area contributed by atoms with Crippen molar-refractivity contribution in [1.29, 1.82) is 0 Å². The van der Waals surface area contributed by atoms with Crippen molar-refractivity contribution in [3.63, 3.8) is 0 Å². The van der Waals surface area contributed by atoms with Crippen LogP contribution in [0.3, 0.4) is 0 Å². The van der Waals surface area contributed by atoms with Gasteiger partial charge in [0.1, 0.15) is 0 Å². The summed E-state index contributed by atoms with van der Waals surface area (Å²) in [6, 6.07) is -0.234. The fourth-order valence-corrected chi connectivity index (χ4v) is 4.67. The first kappa shape index (κ1) is 18.6. The van der Waals surface area contributed by atoms with Crippen molar-refractivity contribution in [3.8, 4) is 0 Å². The monoisotopic (exact) mass is 381 g/mol. The minimum Gasteiger partial charge on any atom is -0.481 e. The summed E-state index contributed by atoms with van der Waals surface area (Å²) in [6.45, 7) is 3.21. The Bertz CT molecular complexity index is 706. The Labute approximate surface area is 155 Å². The van der Waals surface area contributed by atoms with Crippen LogP contribution in [-0.4, -0.2) is 59.2 Å². The molecule has 2 heterocycles. The van der Waals surface area contributed by atoms with Crippen LogP contribution in [0.15, 0.2) is 5.38 Å². The molecule has 1 saturated carbocycles. The third-order valence-electron chi connectivity index (χ3n) is 5.24. The van der Waals surface area contributed by atoms with Gasteiger partial charge in [0.2, 0.25) is 0 Å². The summed E-state index contributed by atoms with van der Waals surface area (Å²) in [7, 11) is 0. The number of thiazole rings is 1. The number of rotatable bonds is 6. The molecule has 0 bridgehead atoms. The number of aliphatic carboxylic acids is 1. The minimum atomic E-state index is -0.787. The lowest BCUT2D eigenvalue weighted by Crippen LogP contribution is -2.42. The highest BCUT2D eigenvalue weighted by molar-refractivity contribution is 7.09. The Morgan fingerprint density at radius 2 is 2.31 bits per heavy atom. The predicted octanol–water partition coefficient (Wildman–Crippen LogP) is 1.76. The number of hydrogen-bond donors (Lipinski definition) is 2. The highest BCUT2D eigenvalue weighted by atomic mass is 32.1. The summed E-state index contributed by atoms with van der Waals surface area (Å²) in [5.41, 5.74) is -0.477. The average Bonchev–Trinajstić information content (AvgIpc) is 3.28. The lowest BCUT2D eigenvalue weighted by molar-refractivity contribution is -0.149. The third kappa shape index (κ3) is 3.53. The van der Waals surface area contributed by atoms with E-state index in [1.807, 2.05) is 0 Å². The molecule has 2 amide bonds. The number of urea groups is 1. The zero-order valence-electron chi connectivity index (χ0n) is 14.7. The van der Waals surface area contributed by atoms with Crippen molar-refractivity contribution >= 4 is 29.3 Å². The summed E-state index contributed by atoms with van der Waals surface area (Å²) in [5, 5.41) is 14.8. The number of carbonyl (C=O) groups is 3. The molecule has 0 aromatic carbocycles. The Kier molecular flexibility index (Phi) is 5.45. The van der Waals surface area contributed by atoms with Gasteiger partial charge in [0.05, 0.1) is 17.0 Å². The topological polar surface area (TPSA) is 109 Å². The van der Waals surface area contributed by atoms with E-state index in [2.05, 4.69) is 10.3 Å². The molecule has 0 radical (unpaired) electrons. The maximum absolute atomic E-state index is 12.4. The molecule has 26 heavy (non-hydrogen) atoms. The normalized spacial score (nSPS) is 24.3. The van der Waals surface area contributed by atoms with Gasteiger partial charge in [-0.2, -0.15) is 0 Å². The summed E-state index contributed by atoms with van der Waals surface area (Å²) in [6.07, 6.45) is 2.94. The molecule has 2 aliphatic rings. The third-order valence-corrected chi connectivity index (χ3v) is 6.14. The molecule has 2 atom stereocenters. The van der Waals surface area contributed by atoms with E-state index >= 15 is 0 Å². The van der Waals surface area contributed by atoms with Gasteiger partial charge in [-0.05, 0) is 25.7 Å². The van der Waals surface area contributed by atoms with Crippen LogP contribution < -0.4 is 5.32 Å². The molecular weight excluding hydrogens is 358 g/mol. The first-order chi connectivity index (χ1) is 12.5. The SMILES string of the molecule is CCOC(=O)c1csc(CCNC(=O)N2C[C@@H]3CCC[C@@]3(C(=O)O)C2)n1. The number of nitrogens with zero attached hydrogens (tertiary/aromatic N) is 2. The lowest BCUT2D eigenvalue weighted by atomic mass is 9.81. The Hall–Kier alpha value is -2.16. The number of likely N-dealkylation sites (tertiary alicyclic amines) is 1. The second-order valence-electron chi connectivity index (χ2n) is 6.76. The molecule has 2 N–H and O–H groups in total. The van der Waals surface area contributed by atoms with Crippen molar-refractivity contribution in [1.82, 2.24) is 15.2 Å². The minimum absolute atomic E-state index is 0.0526. The number of aromatic nitrogens is 1. The molecule has 0 unspecified atom stereocenters. The first-order valence-electron chi connectivity index (χ1n) is 8.84. The maximum atomic E-state index is 12.4. The number of esters is 1. The molecule has 3 rings (SSSR count). The van der Waals surface area contributed by atoms with E-state index in [-0.39, 0.29) is 24.2 Å². The molecule has 1 aliphatic carbocycles. The van der Waals surface area contributed by atoms with Gasteiger partial charge < -0.3 is 20.1 Å². The smallest absolute Gasteiger partial charge is 0.357 e. The van der Waals surface area contributed by atoms with Crippen molar-refractivity contribution in [2.45, 2.75) is 32.6 Å². The van der Waals surface area contributed by atoms with Crippen LogP contribution in [0.25, 0.3) is 0 Å². The molecule has 8 nitrogen and oxygen atoms in total. The van der Waals surface area contributed by atoms with Crippen LogP contribution >= 0.6 is 11.3 Å². The number of amides is 2. The van der Waals surface area contributed by atoms with Crippen molar-refractivity contribution in [2.24, 2.45) is 11.3 Å². The second kappa shape index (κ2) is 7.61. The van der Waals surface area contributed by atoms with E-state index in [1.54, 1.807) is 17.2 Å². The van der Waals surface area contributed by atoms with Crippen molar-refractivity contribution in [3.05, 3.63) is 16.1 Å². The molecule has 1 aliphatic heterocycles. The van der Waals surface area contributed by atoms with Gasteiger partial charge in [0.25, 0.3) is 0 Å². The summed E-state index contributed by atoms with van der Waals surface area (Å²) in [4.78, 5) is 41.4. The van der Waals surface area contributed by atoms with Gasteiger partial charge in [-0.3, -0.25) is 4.79 Å². The van der Waals surface area contributed by atoms with E-state index < -0.39 is 17.4 Å². The van der Waals surface area contributed by atoms with E-state index in [9.17, 15) is 19.5 Å². The van der Waals surface area contributed by atoms with Crippen LogP contribution in [0, 0.1) is 11.3 Å². The predicted molar refractivity (Wildman–Crippen MR) is 94.2 cm³/mol. The molecule has 142 valence electrons. The summed E-state index contributed by atoms with van der Waals surface area (Å²) >= 11 is 1.35. The van der Waals surface area contributed by atoms with E-state index in [0.717, 1.165) is 17.8 Å². The standard InChI is InChI=1S/C17H23N3O5S/c1-2-25-14(21)12-9-26-13(19-12)5-7-18-16(24)20-8-11-4-3-6-17(11,10-20)15(22)23/h9,11H,2-8,10H2,1H3,(H,18,24)(H,22,23)/t11-,17+/m0/s1. The number of carbonyl (C=O) groups excluding carboxylic acids is 2. The highest BCUT2D eigenvalue weighted by Gasteiger charge is 2.55. The molecule has 1 saturated heterocycles. The molecule has 1 aromatic rings. The lowest BCUT2D eigenvalue weighted by Gasteiger charge is -2.23. The van der Waals surface area contributed by atoms with Crippen molar-refractivity contribution in [2.75, 3.05) is 26.2 Å². The first-order valence-corrected chi connectivity index (χ1v) is 9.72. The zero-order valence-corrected chi connectivity index (χ0v) is 15.5.